The number of nitrogens with one attached hydrogen (secondary N) is 1. The minimum absolute atomic E-state index is 0.0391. The minimum Gasteiger partial charge on any atom is -0.339 e. The first-order valence-electron chi connectivity index (χ1n) is 10.3. The fourth-order valence-electron chi connectivity index (χ4n) is 3.71. The van der Waals surface area contributed by atoms with Gasteiger partial charge in [-0.3, -0.25) is 9.59 Å². The van der Waals surface area contributed by atoms with Crippen LogP contribution in [0.2, 0.25) is 0 Å². The van der Waals surface area contributed by atoms with Gasteiger partial charge in [0.15, 0.2) is 0 Å². The summed E-state index contributed by atoms with van der Waals surface area (Å²) in [5, 5.41) is 3.02. The first kappa shape index (κ1) is 21.0. The summed E-state index contributed by atoms with van der Waals surface area (Å²) in [6.07, 6.45) is 0. The molecule has 0 atom stereocenters. The third kappa shape index (κ3) is 4.75. The first-order chi connectivity index (χ1) is 15.0. The molecule has 31 heavy (non-hydrogen) atoms. The lowest BCUT2D eigenvalue weighted by atomic mass is 10.2. The van der Waals surface area contributed by atoms with Crippen molar-refractivity contribution in [3.8, 4) is 0 Å². The quantitative estimate of drug-likeness (QED) is 0.576. The third-order valence-electron chi connectivity index (χ3n) is 5.24. The molecule has 1 N–H and O–H groups in total. The second-order valence-electron chi connectivity index (χ2n) is 7.41. The summed E-state index contributed by atoms with van der Waals surface area (Å²) in [6.45, 7) is 4.92. The first-order valence-corrected chi connectivity index (χ1v) is 11.1. The maximum Gasteiger partial charge on any atom is 0.244 e. The van der Waals surface area contributed by atoms with E-state index in [1.807, 2.05) is 67.6 Å². The normalized spacial score (nSPS) is 12.0. The lowest BCUT2D eigenvalue weighted by molar-refractivity contribution is -0.129. The molecule has 6 heteroatoms. The zero-order valence-electron chi connectivity index (χ0n) is 17.7. The SMILES string of the molecule is CCN(Cc1cccc(NC(=O)CN2c3ccccc3Sc3ccccc32)c1)C(C)=O. The van der Waals surface area contributed by atoms with Crippen LogP contribution < -0.4 is 10.2 Å². The summed E-state index contributed by atoms with van der Waals surface area (Å²) in [7, 11) is 0. The fourth-order valence-corrected chi connectivity index (χ4v) is 4.80. The van der Waals surface area contributed by atoms with Gasteiger partial charge in [-0.15, -0.1) is 0 Å². The molecule has 0 unspecified atom stereocenters. The van der Waals surface area contributed by atoms with E-state index in [-0.39, 0.29) is 18.4 Å². The molecule has 0 aromatic heterocycles. The molecule has 3 aromatic carbocycles. The molecule has 158 valence electrons. The number of carbonyl (C=O) groups excluding carboxylic acids is 2. The van der Waals surface area contributed by atoms with Gasteiger partial charge in [-0.1, -0.05) is 48.2 Å². The van der Waals surface area contributed by atoms with E-state index in [0.29, 0.717) is 13.1 Å². The summed E-state index contributed by atoms with van der Waals surface area (Å²) in [5.41, 5.74) is 3.79. The van der Waals surface area contributed by atoms with Crippen molar-refractivity contribution in [2.45, 2.75) is 30.2 Å². The van der Waals surface area contributed by atoms with Crippen LogP contribution in [0.25, 0.3) is 0 Å². The smallest absolute Gasteiger partial charge is 0.244 e. The summed E-state index contributed by atoms with van der Waals surface area (Å²) in [5.74, 6) is -0.0511. The van der Waals surface area contributed by atoms with Crippen molar-refractivity contribution in [3.05, 3.63) is 78.4 Å². The number of rotatable bonds is 6. The molecule has 0 spiro atoms. The van der Waals surface area contributed by atoms with Crippen molar-refractivity contribution in [2.75, 3.05) is 23.3 Å². The molecule has 5 nitrogen and oxygen atoms in total. The van der Waals surface area contributed by atoms with Crippen LogP contribution in [-0.2, 0) is 16.1 Å². The minimum atomic E-state index is -0.0902. The van der Waals surface area contributed by atoms with Crippen LogP contribution in [0, 0.1) is 0 Å². The number of hydrogen-bond acceptors (Lipinski definition) is 4. The summed E-state index contributed by atoms with van der Waals surface area (Å²) in [4.78, 5) is 30.8. The predicted octanol–water partition coefficient (Wildman–Crippen LogP) is 5.30. The molecule has 1 heterocycles. The van der Waals surface area contributed by atoms with Gasteiger partial charge in [0, 0.05) is 35.5 Å². The molecule has 2 amide bonds. The molecular weight excluding hydrogens is 406 g/mol. The number of benzene rings is 3. The predicted molar refractivity (Wildman–Crippen MR) is 126 cm³/mol. The van der Waals surface area contributed by atoms with Gasteiger partial charge in [-0.2, -0.15) is 0 Å². The van der Waals surface area contributed by atoms with Crippen LogP contribution in [0.5, 0.6) is 0 Å². The average molecular weight is 432 g/mol. The van der Waals surface area contributed by atoms with Crippen LogP contribution >= 0.6 is 11.8 Å². The highest BCUT2D eigenvalue weighted by atomic mass is 32.2. The fraction of sp³-hybridized carbons (Fsp3) is 0.200. The molecular formula is C25H25N3O2S. The monoisotopic (exact) mass is 431 g/mol. The molecule has 0 saturated heterocycles. The molecule has 3 aromatic rings. The van der Waals surface area contributed by atoms with Gasteiger partial charge >= 0.3 is 0 Å². The third-order valence-corrected chi connectivity index (χ3v) is 6.38. The lowest BCUT2D eigenvalue weighted by Gasteiger charge is -2.32. The van der Waals surface area contributed by atoms with Crippen LogP contribution in [0.4, 0.5) is 17.1 Å². The molecule has 1 aliphatic heterocycles. The van der Waals surface area contributed by atoms with E-state index >= 15 is 0 Å². The number of para-hydroxylation sites is 2. The standard InChI is InChI=1S/C25H25N3O2S/c1-3-27(18(2)29)16-19-9-8-10-20(15-19)26-25(30)17-28-21-11-4-6-13-23(21)31-24-14-7-5-12-22(24)28/h4-15H,3,16-17H2,1-2H3,(H,26,30). The van der Waals surface area contributed by atoms with Gasteiger partial charge in [0.1, 0.15) is 6.54 Å². The van der Waals surface area contributed by atoms with Crippen LogP contribution in [0.3, 0.4) is 0 Å². The number of anilines is 3. The second-order valence-corrected chi connectivity index (χ2v) is 8.49. The Bertz CT molecular complexity index is 1070. The number of fused-ring (bicyclic) bond motifs is 2. The Balaban J connectivity index is 1.51. The topological polar surface area (TPSA) is 52.7 Å². The summed E-state index contributed by atoms with van der Waals surface area (Å²) in [6, 6.07) is 24.0. The maximum absolute atomic E-state index is 13.0. The van der Waals surface area contributed by atoms with Gasteiger partial charge in [0.05, 0.1) is 11.4 Å². The molecule has 4 rings (SSSR count). The van der Waals surface area contributed by atoms with E-state index in [1.165, 1.54) is 0 Å². The van der Waals surface area contributed by atoms with E-state index in [9.17, 15) is 9.59 Å². The number of hydrogen-bond donors (Lipinski definition) is 1. The van der Waals surface area contributed by atoms with Crippen molar-refractivity contribution in [3.63, 3.8) is 0 Å². The van der Waals surface area contributed by atoms with Gasteiger partial charge in [0.2, 0.25) is 11.8 Å². The Kier molecular flexibility index (Phi) is 6.28. The van der Waals surface area contributed by atoms with E-state index < -0.39 is 0 Å². The highest BCUT2D eigenvalue weighted by molar-refractivity contribution is 7.99. The average Bonchev–Trinajstić information content (AvgIpc) is 2.77. The Morgan fingerprint density at radius 1 is 0.935 bits per heavy atom. The number of nitrogens with zero attached hydrogens (tertiary/aromatic N) is 2. The maximum atomic E-state index is 13.0. The zero-order chi connectivity index (χ0) is 21.8. The Hall–Kier alpha value is -3.25. The molecule has 0 aliphatic carbocycles. The Morgan fingerprint density at radius 2 is 1.58 bits per heavy atom. The van der Waals surface area contributed by atoms with Crippen molar-refractivity contribution in [1.82, 2.24) is 4.90 Å². The summed E-state index contributed by atoms with van der Waals surface area (Å²) < 4.78 is 0. The Labute approximate surface area is 187 Å². The van der Waals surface area contributed by atoms with Gasteiger partial charge in [-0.05, 0) is 48.9 Å². The number of amides is 2. The van der Waals surface area contributed by atoms with Gasteiger partial charge in [0.25, 0.3) is 0 Å². The Morgan fingerprint density at radius 3 is 2.19 bits per heavy atom. The van der Waals surface area contributed by atoms with Crippen LogP contribution in [0.1, 0.15) is 19.4 Å². The van der Waals surface area contributed by atoms with E-state index in [0.717, 1.165) is 32.4 Å². The van der Waals surface area contributed by atoms with Gasteiger partial charge in [-0.25, -0.2) is 0 Å². The molecule has 0 radical (unpaired) electrons. The zero-order valence-corrected chi connectivity index (χ0v) is 18.5. The highest BCUT2D eigenvalue weighted by Gasteiger charge is 2.24. The van der Waals surface area contributed by atoms with Crippen molar-refractivity contribution < 1.29 is 9.59 Å². The van der Waals surface area contributed by atoms with Crippen LogP contribution in [0.15, 0.2) is 82.6 Å². The lowest BCUT2D eigenvalue weighted by Crippen LogP contribution is -2.31. The van der Waals surface area contributed by atoms with Gasteiger partial charge < -0.3 is 15.1 Å². The molecule has 1 aliphatic rings. The molecule has 0 saturated carbocycles. The summed E-state index contributed by atoms with van der Waals surface area (Å²) >= 11 is 1.72. The van der Waals surface area contributed by atoms with Crippen molar-refractivity contribution in [2.24, 2.45) is 0 Å². The van der Waals surface area contributed by atoms with E-state index in [2.05, 4.69) is 22.3 Å². The van der Waals surface area contributed by atoms with Crippen LogP contribution in [-0.4, -0.2) is 29.8 Å². The molecule has 0 bridgehead atoms. The van der Waals surface area contributed by atoms with Crippen molar-refractivity contribution >= 4 is 40.6 Å². The largest absolute Gasteiger partial charge is 0.339 e. The van der Waals surface area contributed by atoms with E-state index in [4.69, 9.17) is 0 Å². The van der Waals surface area contributed by atoms with Crippen molar-refractivity contribution in [1.29, 1.82) is 0 Å². The number of carbonyl (C=O) groups is 2. The second kappa shape index (κ2) is 9.27. The van der Waals surface area contributed by atoms with E-state index in [1.54, 1.807) is 23.6 Å². The highest BCUT2D eigenvalue weighted by Crippen LogP contribution is 2.47. The molecule has 0 fully saturated rings.